The molecule has 0 fully saturated rings. The summed E-state index contributed by atoms with van der Waals surface area (Å²) in [6, 6.07) is 7.67. The van der Waals surface area contributed by atoms with Gasteiger partial charge in [-0.15, -0.1) is 0 Å². The van der Waals surface area contributed by atoms with Crippen LogP contribution in [0.2, 0.25) is 0 Å². The lowest BCUT2D eigenvalue weighted by molar-refractivity contribution is -0.124. The highest BCUT2D eigenvalue weighted by molar-refractivity contribution is 5.81. The Labute approximate surface area is 184 Å². The number of pyridine rings is 1. The minimum Gasteiger partial charge on any atom is -0.384 e. The van der Waals surface area contributed by atoms with Crippen molar-refractivity contribution in [3.8, 4) is 0 Å². The highest BCUT2D eigenvalue weighted by Crippen LogP contribution is 2.23. The molecule has 1 amide bonds. The predicted molar refractivity (Wildman–Crippen MR) is 120 cm³/mol. The zero-order chi connectivity index (χ0) is 22.8. The van der Waals surface area contributed by atoms with Crippen molar-refractivity contribution in [2.24, 2.45) is 0 Å². The molecule has 0 bridgehead atoms. The Morgan fingerprint density at radius 3 is 2.81 bits per heavy atom. The number of aryl methyl sites for hydroxylation is 3. The highest BCUT2D eigenvalue weighted by atomic mass is 19.1. The summed E-state index contributed by atoms with van der Waals surface area (Å²) in [5, 5.41) is 5.85. The predicted octanol–water partition coefficient (Wildman–Crippen LogP) is 2.39. The summed E-state index contributed by atoms with van der Waals surface area (Å²) in [5.74, 6) is 0.381. The van der Waals surface area contributed by atoms with Gasteiger partial charge in [-0.05, 0) is 38.0 Å². The number of carbonyl (C=O) groups is 1. The summed E-state index contributed by atoms with van der Waals surface area (Å²) in [7, 11) is 0. The molecule has 1 aromatic carbocycles. The first-order valence-electron chi connectivity index (χ1n) is 10.4. The smallest absolute Gasteiger partial charge is 0.277 e. The summed E-state index contributed by atoms with van der Waals surface area (Å²) < 4.78 is 15.5. The summed E-state index contributed by atoms with van der Waals surface area (Å²) >= 11 is 0. The van der Waals surface area contributed by atoms with Gasteiger partial charge in [-0.3, -0.25) is 14.2 Å². The molecule has 0 unspecified atom stereocenters. The molecule has 1 aliphatic rings. The quantitative estimate of drug-likeness (QED) is 0.547. The maximum atomic E-state index is 14.0. The SMILES string of the molecule is Cc1ccc(F)c(CNc2cnc3n(c2=O)[C@H](C(=O)NCc2ccc(N)nc2C)CC3)c1. The second-order valence-corrected chi connectivity index (χ2v) is 7.96. The van der Waals surface area contributed by atoms with Crippen molar-refractivity contribution in [1.29, 1.82) is 0 Å². The minimum atomic E-state index is -0.649. The molecule has 9 heteroatoms. The van der Waals surface area contributed by atoms with Crippen LogP contribution in [0.1, 0.15) is 40.7 Å². The molecule has 0 aliphatic carbocycles. The van der Waals surface area contributed by atoms with Crippen LogP contribution in [0.4, 0.5) is 15.9 Å². The maximum absolute atomic E-state index is 14.0. The van der Waals surface area contributed by atoms with Gasteiger partial charge in [0.05, 0.1) is 6.20 Å². The van der Waals surface area contributed by atoms with E-state index in [1.807, 2.05) is 19.9 Å². The Morgan fingerprint density at radius 1 is 1.22 bits per heavy atom. The average Bonchev–Trinajstić information content (AvgIpc) is 3.20. The normalized spacial score (nSPS) is 14.8. The highest BCUT2D eigenvalue weighted by Gasteiger charge is 2.31. The monoisotopic (exact) mass is 436 g/mol. The van der Waals surface area contributed by atoms with Crippen molar-refractivity contribution in [2.75, 3.05) is 11.1 Å². The van der Waals surface area contributed by atoms with Crippen molar-refractivity contribution < 1.29 is 9.18 Å². The van der Waals surface area contributed by atoms with E-state index < -0.39 is 6.04 Å². The number of nitrogen functional groups attached to an aromatic ring is 1. The number of benzene rings is 1. The van der Waals surface area contributed by atoms with E-state index >= 15 is 0 Å². The Kier molecular flexibility index (Phi) is 5.89. The number of nitrogens with zero attached hydrogens (tertiary/aromatic N) is 3. The number of aromatic nitrogens is 3. The molecule has 0 saturated heterocycles. The van der Waals surface area contributed by atoms with Crippen LogP contribution in [0.3, 0.4) is 0 Å². The van der Waals surface area contributed by atoms with Gasteiger partial charge in [-0.2, -0.15) is 0 Å². The van der Waals surface area contributed by atoms with E-state index in [1.54, 1.807) is 18.2 Å². The average molecular weight is 436 g/mol. The lowest BCUT2D eigenvalue weighted by atomic mass is 10.1. The second kappa shape index (κ2) is 8.78. The van der Waals surface area contributed by atoms with Crippen molar-refractivity contribution in [3.63, 3.8) is 0 Å². The van der Waals surface area contributed by atoms with Crippen LogP contribution < -0.4 is 21.9 Å². The molecule has 166 valence electrons. The molecular formula is C23H25FN6O2. The van der Waals surface area contributed by atoms with Gasteiger partial charge < -0.3 is 16.4 Å². The van der Waals surface area contributed by atoms with E-state index in [2.05, 4.69) is 20.6 Å². The van der Waals surface area contributed by atoms with Gasteiger partial charge in [-0.25, -0.2) is 14.4 Å². The fraction of sp³-hybridized carbons (Fsp3) is 0.304. The van der Waals surface area contributed by atoms with Gasteiger partial charge in [0.2, 0.25) is 5.91 Å². The Hall–Kier alpha value is -3.75. The molecule has 2 aromatic heterocycles. The second-order valence-electron chi connectivity index (χ2n) is 7.96. The lowest BCUT2D eigenvalue weighted by Gasteiger charge is -2.16. The van der Waals surface area contributed by atoms with Crippen LogP contribution in [0, 0.1) is 19.7 Å². The van der Waals surface area contributed by atoms with Crippen LogP contribution in [0.15, 0.2) is 41.3 Å². The number of hydrogen-bond acceptors (Lipinski definition) is 6. The number of halogens is 1. The van der Waals surface area contributed by atoms with E-state index in [0.717, 1.165) is 16.8 Å². The van der Waals surface area contributed by atoms with Crippen LogP contribution in [-0.4, -0.2) is 20.4 Å². The fourth-order valence-electron chi connectivity index (χ4n) is 3.90. The maximum Gasteiger partial charge on any atom is 0.277 e. The van der Waals surface area contributed by atoms with Crippen LogP contribution >= 0.6 is 0 Å². The molecule has 0 spiro atoms. The standard InChI is InChI=1S/C23H25FN6O2/c1-13-3-5-17(24)16(9-13)11-26-18-12-27-21-8-6-19(30(21)23(18)32)22(31)28-10-15-4-7-20(25)29-14(15)2/h3-5,7,9,12,19,26H,6,8,10-11H2,1-2H3,(H2,25,29)(H,28,31)/t19-/m0/s1. The molecule has 3 aromatic rings. The first-order valence-corrected chi connectivity index (χ1v) is 10.4. The minimum absolute atomic E-state index is 0.143. The van der Waals surface area contributed by atoms with Crippen LogP contribution in [-0.2, 0) is 24.3 Å². The third kappa shape index (κ3) is 4.32. The van der Waals surface area contributed by atoms with Crippen molar-refractivity contribution >= 4 is 17.4 Å². The zero-order valence-electron chi connectivity index (χ0n) is 18.0. The van der Waals surface area contributed by atoms with Crippen molar-refractivity contribution in [3.05, 3.63) is 80.9 Å². The Balaban J connectivity index is 1.49. The molecule has 0 radical (unpaired) electrons. The Morgan fingerprint density at radius 2 is 2.03 bits per heavy atom. The largest absolute Gasteiger partial charge is 0.384 e. The number of rotatable bonds is 6. The number of anilines is 2. The van der Waals surface area contributed by atoms with Crippen molar-refractivity contribution in [2.45, 2.75) is 45.8 Å². The Bertz CT molecular complexity index is 1240. The van der Waals surface area contributed by atoms with E-state index in [1.165, 1.54) is 16.8 Å². The van der Waals surface area contributed by atoms with E-state index in [9.17, 15) is 14.0 Å². The molecule has 1 aliphatic heterocycles. The number of nitrogens with two attached hydrogens (primary N) is 1. The lowest BCUT2D eigenvalue weighted by Crippen LogP contribution is -2.36. The molecule has 1 atom stereocenters. The first kappa shape index (κ1) is 21.5. The van der Waals surface area contributed by atoms with Crippen LogP contribution in [0.5, 0.6) is 0 Å². The molecular weight excluding hydrogens is 411 g/mol. The number of carbonyl (C=O) groups excluding carboxylic acids is 1. The third-order valence-electron chi connectivity index (χ3n) is 5.67. The molecule has 4 N–H and O–H groups in total. The van der Waals surface area contributed by atoms with E-state index in [0.29, 0.717) is 30.0 Å². The van der Waals surface area contributed by atoms with Gasteiger partial charge in [0.25, 0.3) is 5.56 Å². The van der Waals surface area contributed by atoms with Crippen molar-refractivity contribution in [1.82, 2.24) is 19.9 Å². The molecule has 32 heavy (non-hydrogen) atoms. The summed E-state index contributed by atoms with van der Waals surface area (Å²) in [6.45, 7) is 4.13. The third-order valence-corrected chi connectivity index (χ3v) is 5.67. The van der Waals surface area contributed by atoms with Gasteiger partial charge in [0.15, 0.2) is 0 Å². The summed E-state index contributed by atoms with van der Waals surface area (Å²) in [6.07, 6.45) is 2.47. The van der Waals surface area contributed by atoms with Crippen LogP contribution in [0.25, 0.3) is 0 Å². The number of nitrogens with one attached hydrogen (secondary N) is 2. The molecule has 8 nitrogen and oxygen atoms in total. The van der Waals surface area contributed by atoms with E-state index in [4.69, 9.17) is 5.73 Å². The number of amides is 1. The number of fused-ring (bicyclic) bond motifs is 1. The molecule has 3 heterocycles. The molecule has 4 rings (SSSR count). The molecule has 0 saturated carbocycles. The summed E-state index contributed by atoms with van der Waals surface area (Å²) in [5.41, 5.74) is 8.54. The van der Waals surface area contributed by atoms with E-state index in [-0.39, 0.29) is 36.1 Å². The van der Waals surface area contributed by atoms with Gasteiger partial charge >= 0.3 is 0 Å². The number of hydrogen-bond donors (Lipinski definition) is 3. The fourth-order valence-corrected chi connectivity index (χ4v) is 3.90. The summed E-state index contributed by atoms with van der Waals surface area (Å²) in [4.78, 5) is 34.5. The van der Waals surface area contributed by atoms with Gasteiger partial charge in [-0.1, -0.05) is 23.8 Å². The van der Waals surface area contributed by atoms with Gasteiger partial charge in [0.1, 0.15) is 29.2 Å². The van der Waals surface area contributed by atoms with Gasteiger partial charge in [0, 0.05) is 30.8 Å². The topological polar surface area (TPSA) is 115 Å². The zero-order valence-corrected chi connectivity index (χ0v) is 18.0. The first-order chi connectivity index (χ1) is 15.3.